The van der Waals surface area contributed by atoms with E-state index in [0.29, 0.717) is 10.7 Å². The van der Waals surface area contributed by atoms with Crippen LogP contribution in [-0.4, -0.2) is 32.2 Å². The third-order valence-corrected chi connectivity index (χ3v) is 5.87. The standard InChI is InChI=1S/C16H13Cl2N3O3S/c1-21(25(23,24)15-5-3-2-4-11(15)9-19)10-16(22)20-12-6-7-13(17)14(18)8-12/h2-8H,10H2,1H3,(H,20,22). The van der Waals surface area contributed by atoms with Gasteiger partial charge < -0.3 is 5.32 Å². The maximum absolute atomic E-state index is 12.6. The van der Waals surface area contributed by atoms with Gasteiger partial charge in [-0.25, -0.2) is 8.42 Å². The van der Waals surface area contributed by atoms with Gasteiger partial charge in [0, 0.05) is 12.7 Å². The second kappa shape index (κ2) is 7.85. The second-order valence-electron chi connectivity index (χ2n) is 5.05. The first-order valence-electron chi connectivity index (χ1n) is 6.96. The van der Waals surface area contributed by atoms with Gasteiger partial charge in [0.1, 0.15) is 6.07 Å². The van der Waals surface area contributed by atoms with E-state index >= 15 is 0 Å². The smallest absolute Gasteiger partial charge is 0.244 e. The first kappa shape index (κ1) is 19.2. The predicted octanol–water partition coefficient (Wildman–Crippen LogP) is 3.12. The fourth-order valence-corrected chi connectivity index (χ4v) is 3.58. The van der Waals surface area contributed by atoms with Gasteiger partial charge in [0.25, 0.3) is 0 Å². The lowest BCUT2D eigenvalue weighted by Crippen LogP contribution is -2.35. The molecule has 2 rings (SSSR count). The summed E-state index contributed by atoms with van der Waals surface area (Å²) >= 11 is 11.7. The van der Waals surface area contributed by atoms with E-state index in [0.717, 1.165) is 4.31 Å². The lowest BCUT2D eigenvalue weighted by atomic mass is 10.2. The van der Waals surface area contributed by atoms with Gasteiger partial charge in [-0.3, -0.25) is 4.79 Å². The minimum absolute atomic E-state index is 0.0132. The highest BCUT2D eigenvalue weighted by Gasteiger charge is 2.25. The van der Waals surface area contributed by atoms with E-state index in [4.69, 9.17) is 28.5 Å². The van der Waals surface area contributed by atoms with Crippen molar-refractivity contribution in [3.63, 3.8) is 0 Å². The van der Waals surface area contributed by atoms with Crippen LogP contribution < -0.4 is 5.32 Å². The molecule has 6 nitrogen and oxygen atoms in total. The molecule has 0 saturated heterocycles. The Bertz CT molecular complexity index is 955. The van der Waals surface area contributed by atoms with Gasteiger partial charge in [-0.15, -0.1) is 0 Å². The summed E-state index contributed by atoms with van der Waals surface area (Å²) < 4.78 is 26.0. The number of hydrogen-bond donors (Lipinski definition) is 1. The van der Waals surface area contributed by atoms with E-state index in [9.17, 15) is 13.2 Å². The van der Waals surface area contributed by atoms with Crippen LogP contribution in [-0.2, 0) is 14.8 Å². The number of sulfonamides is 1. The van der Waals surface area contributed by atoms with Crippen LogP contribution in [0.2, 0.25) is 10.0 Å². The Morgan fingerprint density at radius 3 is 2.52 bits per heavy atom. The van der Waals surface area contributed by atoms with Crippen molar-refractivity contribution in [2.24, 2.45) is 0 Å². The van der Waals surface area contributed by atoms with Crippen molar-refractivity contribution in [3.05, 3.63) is 58.1 Å². The maximum Gasteiger partial charge on any atom is 0.244 e. The van der Waals surface area contributed by atoms with Crippen molar-refractivity contribution in [2.75, 3.05) is 18.9 Å². The highest BCUT2D eigenvalue weighted by molar-refractivity contribution is 7.89. The quantitative estimate of drug-likeness (QED) is 0.838. The zero-order valence-electron chi connectivity index (χ0n) is 13.0. The van der Waals surface area contributed by atoms with Crippen LogP contribution in [0.15, 0.2) is 47.4 Å². The number of carbonyl (C=O) groups is 1. The number of nitrogens with zero attached hydrogens (tertiary/aromatic N) is 2. The van der Waals surface area contributed by atoms with E-state index < -0.39 is 22.5 Å². The predicted molar refractivity (Wildman–Crippen MR) is 96.1 cm³/mol. The minimum Gasteiger partial charge on any atom is -0.325 e. The highest BCUT2D eigenvalue weighted by atomic mass is 35.5. The molecule has 0 saturated carbocycles. The van der Waals surface area contributed by atoms with Crippen molar-refractivity contribution in [1.29, 1.82) is 5.26 Å². The third-order valence-electron chi connectivity index (χ3n) is 3.27. The van der Waals surface area contributed by atoms with Crippen LogP contribution in [0.25, 0.3) is 0 Å². The molecule has 0 spiro atoms. The maximum atomic E-state index is 12.6. The summed E-state index contributed by atoms with van der Waals surface area (Å²) in [6, 6.07) is 12.1. The monoisotopic (exact) mass is 397 g/mol. The number of nitrogens with one attached hydrogen (secondary N) is 1. The Labute approximate surface area is 155 Å². The minimum atomic E-state index is -3.98. The average molecular weight is 398 g/mol. The third kappa shape index (κ3) is 4.50. The van der Waals surface area contributed by atoms with Crippen LogP contribution in [0, 0.1) is 11.3 Å². The first-order chi connectivity index (χ1) is 11.8. The van der Waals surface area contributed by atoms with Crippen LogP contribution in [0.5, 0.6) is 0 Å². The van der Waals surface area contributed by atoms with E-state index in [2.05, 4.69) is 5.32 Å². The fourth-order valence-electron chi connectivity index (χ4n) is 2.01. The second-order valence-corrected chi connectivity index (χ2v) is 7.87. The van der Waals surface area contributed by atoms with E-state index in [1.165, 1.54) is 37.4 Å². The lowest BCUT2D eigenvalue weighted by Gasteiger charge is -2.17. The molecule has 0 radical (unpaired) electrons. The first-order valence-corrected chi connectivity index (χ1v) is 9.15. The van der Waals surface area contributed by atoms with Crippen LogP contribution in [0.4, 0.5) is 5.69 Å². The van der Waals surface area contributed by atoms with E-state index in [1.807, 2.05) is 6.07 Å². The molecule has 0 aliphatic carbocycles. The Hall–Kier alpha value is -2.11. The molecule has 0 atom stereocenters. The summed E-state index contributed by atoms with van der Waals surface area (Å²) in [4.78, 5) is 11.9. The summed E-state index contributed by atoms with van der Waals surface area (Å²) in [5.74, 6) is -0.557. The zero-order valence-corrected chi connectivity index (χ0v) is 15.4. The molecule has 25 heavy (non-hydrogen) atoms. The van der Waals surface area contributed by atoms with Crippen LogP contribution in [0.3, 0.4) is 0 Å². The molecule has 2 aromatic rings. The number of halogens is 2. The van der Waals surface area contributed by atoms with Crippen LogP contribution >= 0.6 is 23.2 Å². The molecule has 0 bridgehead atoms. The lowest BCUT2D eigenvalue weighted by molar-refractivity contribution is -0.116. The number of hydrogen-bond acceptors (Lipinski definition) is 4. The molecule has 1 N–H and O–H groups in total. The number of likely N-dealkylation sites (N-methyl/N-ethyl adjacent to an activating group) is 1. The molecule has 0 aromatic heterocycles. The number of rotatable bonds is 5. The normalized spacial score (nSPS) is 11.2. The summed E-state index contributed by atoms with van der Waals surface area (Å²) in [5, 5.41) is 12.2. The van der Waals surface area contributed by atoms with E-state index in [-0.39, 0.29) is 15.5 Å². The summed E-state index contributed by atoms with van der Waals surface area (Å²) in [5.41, 5.74) is 0.405. The molecule has 9 heteroatoms. The number of anilines is 1. The molecule has 0 fully saturated rings. The van der Waals surface area contributed by atoms with Gasteiger partial charge >= 0.3 is 0 Å². The average Bonchev–Trinajstić information content (AvgIpc) is 2.58. The molecule has 130 valence electrons. The van der Waals surface area contributed by atoms with Crippen LogP contribution in [0.1, 0.15) is 5.56 Å². The Kier molecular flexibility index (Phi) is 6.03. The van der Waals surface area contributed by atoms with Gasteiger partial charge in [0.05, 0.1) is 27.0 Å². The topological polar surface area (TPSA) is 90.3 Å². The number of nitriles is 1. The molecule has 0 unspecified atom stereocenters. The molecule has 1 amide bonds. The summed E-state index contributed by atoms with van der Waals surface area (Å²) in [7, 11) is -2.72. The number of amides is 1. The molecule has 2 aromatic carbocycles. The molecule has 0 aliphatic rings. The Balaban J connectivity index is 2.15. The van der Waals surface area contributed by atoms with Crippen molar-refractivity contribution in [1.82, 2.24) is 4.31 Å². The van der Waals surface area contributed by atoms with Gasteiger partial charge in [-0.2, -0.15) is 9.57 Å². The Morgan fingerprint density at radius 2 is 1.88 bits per heavy atom. The molecule has 0 aliphatic heterocycles. The van der Waals surface area contributed by atoms with Gasteiger partial charge in [-0.05, 0) is 30.3 Å². The zero-order chi connectivity index (χ0) is 18.6. The molecular formula is C16H13Cl2N3O3S. The molecular weight excluding hydrogens is 385 g/mol. The van der Waals surface area contributed by atoms with Crippen molar-refractivity contribution in [3.8, 4) is 6.07 Å². The molecule has 0 heterocycles. The van der Waals surface area contributed by atoms with E-state index in [1.54, 1.807) is 12.1 Å². The van der Waals surface area contributed by atoms with Crippen molar-refractivity contribution in [2.45, 2.75) is 4.90 Å². The number of benzene rings is 2. The largest absolute Gasteiger partial charge is 0.325 e. The summed E-state index contributed by atoms with van der Waals surface area (Å²) in [6.45, 7) is -0.428. The van der Waals surface area contributed by atoms with Gasteiger partial charge in [-0.1, -0.05) is 35.3 Å². The number of carbonyl (C=O) groups excluding carboxylic acids is 1. The Morgan fingerprint density at radius 1 is 1.20 bits per heavy atom. The summed E-state index contributed by atoms with van der Waals surface area (Å²) in [6.07, 6.45) is 0. The fraction of sp³-hybridized carbons (Fsp3) is 0.125. The van der Waals surface area contributed by atoms with Gasteiger partial charge in [0.2, 0.25) is 15.9 Å². The van der Waals surface area contributed by atoms with Crippen molar-refractivity contribution < 1.29 is 13.2 Å². The van der Waals surface area contributed by atoms with Gasteiger partial charge in [0.15, 0.2) is 0 Å². The highest BCUT2D eigenvalue weighted by Crippen LogP contribution is 2.25. The van der Waals surface area contributed by atoms with Crippen molar-refractivity contribution >= 4 is 44.8 Å². The SMILES string of the molecule is CN(CC(=O)Nc1ccc(Cl)c(Cl)c1)S(=O)(=O)c1ccccc1C#N.